The normalized spacial score (nSPS) is 10.8. The van der Waals surface area contributed by atoms with Crippen LogP contribution in [-0.2, 0) is 19.1 Å². The summed E-state index contributed by atoms with van der Waals surface area (Å²) in [5.74, 6) is -1.97. The van der Waals surface area contributed by atoms with Gasteiger partial charge in [0.15, 0.2) is 0 Å². The van der Waals surface area contributed by atoms with Gasteiger partial charge in [0.05, 0.1) is 12.0 Å². The molecular weight excluding hydrogens is 238 g/mol. The maximum absolute atomic E-state index is 11.6. The highest BCUT2D eigenvalue weighted by Crippen LogP contribution is 2.30. The topological polar surface area (TPSA) is 92.7 Å². The first kappa shape index (κ1) is 16.4. The molecule has 0 saturated carbocycles. The molecular formula is C12H21NO5. The molecule has 0 aromatic carbocycles. The highest BCUT2D eigenvalue weighted by Gasteiger charge is 2.37. The van der Waals surface area contributed by atoms with Crippen molar-refractivity contribution in [1.29, 1.82) is 0 Å². The number of aliphatic carboxylic acids is 1. The van der Waals surface area contributed by atoms with Crippen molar-refractivity contribution in [3.63, 3.8) is 0 Å². The number of nitrogens with one attached hydrogen (secondary N) is 1. The molecule has 1 amide bonds. The Morgan fingerprint density at radius 3 is 2.11 bits per heavy atom. The molecule has 0 aromatic heterocycles. The van der Waals surface area contributed by atoms with Crippen LogP contribution in [0.15, 0.2) is 0 Å². The van der Waals surface area contributed by atoms with E-state index in [-0.39, 0.29) is 19.6 Å². The van der Waals surface area contributed by atoms with Crippen LogP contribution >= 0.6 is 0 Å². The Morgan fingerprint density at radius 1 is 1.17 bits per heavy atom. The van der Waals surface area contributed by atoms with Gasteiger partial charge in [0.2, 0.25) is 5.91 Å². The lowest BCUT2D eigenvalue weighted by molar-refractivity contribution is -0.152. The SMILES string of the molecule is CCOC(=O)CNC(=O)CC(CC)(CC)C(=O)O. The summed E-state index contributed by atoms with van der Waals surface area (Å²) >= 11 is 0. The summed E-state index contributed by atoms with van der Waals surface area (Å²) in [5.41, 5.74) is -1.06. The zero-order chi connectivity index (χ0) is 14.2. The average Bonchev–Trinajstić information content (AvgIpc) is 2.33. The minimum absolute atomic E-state index is 0.130. The number of amides is 1. The highest BCUT2D eigenvalue weighted by molar-refractivity contribution is 5.87. The molecule has 6 nitrogen and oxygen atoms in total. The standard InChI is InChI=1S/C12H21NO5/c1-4-12(5-2,11(16)17)7-9(14)13-8-10(15)18-6-3/h4-8H2,1-3H3,(H,13,14)(H,16,17). The summed E-state index contributed by atoms with van der Waals surface area (Å²) < 4.78 is 4.65. The zero-order valence-corrected chi connectivity index (χ0v) is 11.1. The number of hydrogen-bond donors (Lipinski definition) is 2. The summed E-state index contributed by atoms with van der Waals surface area (Å²) in [6, 6.07) is 0. The average molecular weight is 259 g/mol. The van der Waals surface area contributed by atoms with E-state index in [1.54, 1.807) is 20.8 Å². The van der Waals surface area contributed by atoms with Crippen LogP contribution in [0.25, 0.3) is 0 Å². The zero-order valence-electron chi connectivity index (χ0n) is 11.1. The maximum atomic E-state index is 11.6. The largest absolute Gasteiger partial charge is 0.481 e. The molecule has 0 bridgehead atoms. The molecule has 0 radical (unpaired) electrons. The molecule has 18 heavy (non-hydrogen) atoms. The number of hydrogen-bond acceptors (Lipinski definition) is 4. The molecule has 0 aliphatic carbocycles. The fourth-order valence-electron chi connectivity index (χ4n) is 1.63. The first-order valence-corrected chi connectivity index (χ1v) is 6.07. The summed E-state index contributed by atoms with van der Waals surface area (Å²) in [4.78, 5) is 33.8. The molecule has 0 aromatic rings. The molecule has 0 aliphatic heterocycles. The van der Waals surface area contributed by atoms with E-state index in [0.717, 1.165) is 0 Å². The third kappa shape index (κ3) is 4.73. The van der Waals surface area contributed by atoms with Gasteiger partial charge >= 0.3 is 11.9 Å². The molecule has 0 unspecified atom stereocenters. The third-order valence-corrected chi connectivity index (χ3v) is 3.04. The van der Waals surface area contributed by atoms with Gasteiger partial charge in [0.1, 0.15) is 6.54 Å². The van der Waals surface area contributed by atoms with Gasteiger partial charge in [-0.1, -0.05) is 13.8 Å². The Bertz CT molecular complexity index is 310. The van der Waals surface area contributed by atoms with Crippen molar-refractivity contribution >= 4 is 17.8 Å². The van der Waals surface area contributed by atoms with Crippen LogP contribution in [0, 0.1) is 5.41 Å². The second-order valence-electron chi connectivity index (χ2n) is 4.05. The lowest BCUT2D eigenvalue weighted by Gasteiger charge is -2.25. The van der Waals surface area contributed by atoms with Crippen molar-refractivity contribution in [2.75, 3.05) is 13.2 Å². The molecule has 0 aliphatic rings. The summed E-state index contributed by atoms with van der Waals surface area (Å²) in [5, 5.41) is 11.5. The predicted octanol–water partition coefficient (Wildman–Crippen LogP) is 0.947. The Kier molecular flexibility index (Phi) is 7.00. The number of rotatable bonds is 8. The Labute approximate surface area is 107 Å². The monoisotopic (exact) mass is 259 g/mol. The molecule has 2 N–H and O–H groups in total. The van der Waals surface area contributed by atoms with E-state index < -0.39 is 23.3 Å². The molecule has 0 saturated heterocycles. The van der Waals surface area contributed by atoms with E-state index >= 15 is 0 Å². The first-order valence-electron chi connectivity index (χ1n) is 6.07. The van der Waals surface area contributed by atoms with Crippen LogP contribution in [0.1, 0.15) is 40.0 Å². The number of esters is 1. The van der Waals surface area contributed by atoms with Gasteiger partial charge < -0.3 is 15.2 Å². The Morgan fingerprint density at radius 2 is 1.72 bits per heavy atom. The number of carbonyl (C=O) groups excluding carboxylic acids is 2. The van der Waals surface area contributed by atoms with Gasteiger partial charge in [-0.3, -0.25) is 14.4 Å². The van der Waals surface area contributed by atoms with Crippen LogP contribution in [0.5, 0.6) is 0 Å². The first-order chi connectivity index (χ1) is 8.41. The smallest absolute Gasteiger partial charge is 0.325 e. The minimum Gasteiger partial charge on any atom is -0.481 e. The second-order valence-corrected chi connectivity index (χ2v) is 4.05. The lowest BCUT2D eigenvalue weighted by atomic mass is 9.79. The van der Waals surface area contributed by atoms with E-state index in [2.05, 4.69) is 10.1 Å². The van der Waals surface area contributed by atoms with Crippen molar-refractivity contribution in [3.05, 3.63) is 0 Å². The van der Waals surface area contributed by atoms with Crippen LogP contribution in [-0.4, -0.2) is 36.1 Å². The van der Waals surface area contributed by atoms with Crippen LogP contribution in [0.4, 0.5) is 0 Å². The van der Waals surface area contributed by atoms with Gasteiger partial charge in [-0.2, -0.15) is 0 Å². The fraction of sp³-hybridized carbons (Fsp3) is 0.750. The van der Waals surface area contributed by atoms with Gasteiger partial charge in [-0.25, -0.2) is 0 Å². The highest BCUT2D eigenvalue weighted by atomic mass is 16.5. The summed E-state index contributed by atoms with van der Waals surface area (Å²) in [6.07, 6.45) is 0.603. The molecule has 0 atom stereocenters. The maximum Gasteiger partial charge on any atom is 0.325 e. The van der Waals surface area contributed by atoms with E-state index in [1.807, 2.05) is 0 Å². The van der Waals surface area contributed by atoms with Crippen molar-refractivity contribution in [1.82, 2.24) is 5.32 Å². The van der Waals surface area contributed by atoms with E-state index in [4.69, 9.17) is 5.11 Å². The van der Waals surface area contributed by atoms with Gasteiger partial charge in [0.25, 0.3) is 0 Å². The number of carbonyl (C=O) groups is 3. The van der Waals surface area contributed by atoms with E-state index in [9.17, 15) is 14.4 Å². The van der Waals surface area contributed by atoms with E-state index in [1.165, 1.54) is 0 Å². The number of ether oxygens (including phenoxy) is 1. The van der Waals surface area contributed by atoms with Crippen LogP contribution < -0.4 is 5.32 Å². The van der Waals surface area contributed by atoms with Crippen molar-refractivity contribution in [2.24, 2.45) is 5.41 Å². The number of carboxylic acid groups (broad SMARTS) is 1. The van der Waals surface area contributed by atoms with E-state index in [0.29, 0.717) is 12.8 Å². The predicted molar refractivity (Wildman–Crippen MR) is 64.9 cm³/mol. The minimum atomic E-state index is -1.06. The molecule has 0 rings (SSSR count). The Balaban J connectivity index is 4.36. The molecule has 0 spiro atoms. The van der Waals surface area contributed by atoms with Crippen LogP contribution in [0.3, 0.4) is 0 Å². The molecule has 0 heterocycles. The van der Waals surface area contributed by atoms with Crippen molar-refractivity contribution in [3.8, 4) is 0 Å². The van der Waals surface area contributed by atoms with Crippen molar-refractivity contribution in [2.45, 2.75) is 40.0 Å². The van der Waals surface area contributed by atoms with Crippen molar-refractivity contribution < 1.29 is 24.2 Å². The summed E-state index contributed by atoms with van der Waals surface area (Å²) in [6.45, 7) is 5.16. The number of carboxylic acids is 1. The summed E-state index contributed by atoms with van der Waals surface area (Å²) in [7, 11) is 0. The quantitative estimate of drug-likeness (QED) is 0.633. The molecule has 6 heteroatoms. The Hall–Kier alpha value is -1.59. The fourth-order valence-corrected chi connectivity index (χ4v) is 1.63. The van der Waals surface area contributed by atoms with Gasteiger partial charge in [0, 0.05) is 6.42 Å². The molecule has 0 fully saturated rings. The lowest BCUT2D eigenvalue weighted by Crippen LogP contribution is -2.38. The second kappa shape index (κ2) is 7.68. The van der Waals surface area contributed by atoms with Gasteiger partial charge in [-0.05, 0) is 19.8 Å². The third-order valence-electron chi connectivity index (χ3n) is 3.04. The molecule has 104 valence electrons. The van der Waals surface area contributed by atoms with Crippen LogP contribution in [0.2, 0.25) is 0 Å². The van der Waals surface area contributed by atoms with Gasteiger partial charge in [-0.15, -0.1) is 0 Å².